The molecule has 0 aliphatic carbocycles. The molecule has 0 aliphatic heterocycles. The summed E-state index contributed by atoms with van der Waals surface area (Å²) in [5, 5.41) is 3.39. The van der Waals surface area contributed by atoms with Gasteiger partial charge in [-0.15, -0.1) is 0 Å². The summed E-state index contributed by atoms with van der Waals surface area (Å²) >= 11 is 0. The Morgan fingerprint density at radius 1 is 1.40 bits per heavy atom. The maximum atomic E-state index is 5.57. The van der Waals surface area contributed by atoms with E-state index in [0.717, 1.165) is 24.5 Å². The number of hydrogen-bond donors (Lipinski definition) is 1. The third-order valence-electron chi connectivity index (χ3n) is 2.30. The van der Waals surface area contributed by atoms with Crippen LogP contribution in [-0.4, -0.2) is 12.6 Å². The Morgan fingerprint density at radius 2 is 2.20 bits per heavy atom. The summed E-state index contributed by atoms with van der Waals surface area (Å²) in [4.78, 5) is 0. The fourth-order valence-corrected chi connectivity index (χ4v) is 1.35. The second-order valence-corrected chi connectivity index (χ2v) is 3.76. The van der Waals surface area contributed by atoms with E-state index < -0.39 is 0 Å². The third-order valence-corrected chi connectivity index (χ3v) is 2.30. The van der Waals surface area contributed by atoms with E-state index in [4.69, 9.17) is 4.42 Å². The number of aryl methyl sites for hydroxylation is 1. The van der Waals surface area contributed by atoms with Crippen molar-refractivity contribution in [3.63, 3.8) is 0 Å². The minimum Gasteiger partial charge on any atom is -0.462 e. The van der Waals surface area contributed by atoms with Crippen LogP contribution in [-0.2, 0) is 6.42 Å². The van der Waals surface area contributed by atoms with Gasteiger partial charge in [0.25, 0.3) is 0 Å². The molecule has 0 spiro atoms. The lowest BCUT2D eigenvalue weighted by atomic mass is 10.2. The van der Waals surface area contributed by atoms with Crippen LogP contribution in [0.5, 0.6) is 0 Å². The quantitative estimate of drug-likeness (QED) is 0.774. The zero-order valence-electron chi connectivity index (χ0n) is 9.92. The first-order valence-electron chi connectivity index (χ1n) is 5.76. The fraction of sp³-hybridized carbons (Fsp3) is 0.538. The Balaban J connectivity index is 2.42. The minimum atomic E-state index is 0.403. The van der Waals surface area contributed by atoms with Gasteiger partial charge in [0.2, 0.25) is 0 Å². The Kier molecular flexibility index (Phi) is 5.19. The van der Waals surface area contributed by atoms with Crippen LogP contribution in [0.1, 0.15) is 38.7 Å². The van der Waals surface area contributed by atoms with Gasteiger partial charge in [-0.2, -0.15) is 0 Å². The number of furan rings is 1. The Hall–Kier alpha value is -1.02. The third kappa shape index (κ3) is 4.34. The van der Waals surface area contributed by atoms with Crippen molar-refractivity contribution in [3.8, 4) is 0 Å². The van der Waals surface area contributed by atoms with Gasteiger partial charge in [0.1, 0.15) is 11.5 Å². The zero-order chi connectivity index (χ0) is 11.1. The predicted octanol–water partition coefficient (Wildman–Crippen LogP) is 3.24. The molecule has 0 fully saturated rings. The molecule has 1 N–H and O–H groups in total. The average molecular weight is 207 g/mol. The molecule has 0 bridgehead atoms. The van der Waals surface area contributed by atoms with Gasteiger partial charge < -0.3 is 9.73 Å². The highest BCUT2D eigenvalue weighted by atomic mass is 16.3. The summed E-state index contributed by atoms with van der Waals surface area (Å²) in [6.07, 6.45) is 6.29. The lowest BCUT2D eigenvalue weighted by Gasteiger charge is -2.06. The van der Waals surface area contributed by atoms with Crippen molar-refractivity contribution in [2.45, 2.75) is 39.7 Å². The summed E-state index contributed by atoms with van der Waals surface area (Å²) in [6.45, 7) is 7.47. The van der Waals surface area contributed by atoms with Crippen LogP contribution in [0.2, 0.25) is 0 Å². The summed E-state index contributed by atoms with van der Waals surface area (Å²) in [7, 11) is 0. The molecule has 1 atom stereocenters. The van der Waals surface area contributed by atoms with E-state index in [0.29, 0.717) is 6.04 Å². The van der Waals surface area contributed by atoms with Crippen molar-refractivity contribution in [2.24, 2.45) is 0 Å². The van der Waals surface area contributed by atoms with Crippen LogP contribution in [0, 0.1) is 0 Å². The van der Waals surface area contributed by atoms with Crippen LogP contribution in [0.3, 0.4) is 0 Å². The normalized spacial score (nSPS) is 13.5. The van der Waals surface area contributed by atoms with Gasteiger partial charge in [-0.1, -0.05) is 19.9 Å². The molecule has 0 saturated heterocycles. The average Bonchev–Trinajstić information content (AvgIpc) is 2.71. The second-order valence-electron chi connectivity index (χ2n) is 3.76. The first-order valence-corrected chi connectivity index (χ1v) is 5.76. The van der Waals surface area contributed by atoms with Gasteiger partial charge in [-0.3, -0.25) is 0 Å². The van der Waals surface area contributed by atoms with Crippen molar-refractivity contribution in [3.05, 3.63) is 29.7 Å². The molecular weight excluding hydrogens is 186 g/mol. The smallest absolute Gasteiger partial charge is 0.126 e. The van der Waals surface area contributed by atoms with Gasteiger partial charge >= 0.3 is 0 Å². The molecule has 15 heavy (non-hydrogen) atoms. The van der Waals surface area contributed by atoms with Gasteiger partial charge in [0.05, 0.1) is 0 Å². The van der Waals surface area contributed by atoms with Crippen LogP contribution in [0.25, 0.3) is 6.08 Å². The minimum absolute atomic E-state index is 0.403. The first-order chi connectivity index (χ1) is 7.26. The summed E-state index contributed by atoms with van der Waals surface area (Å²) < 4.78 is 5.57. The number of nitrogens with one attached hydrogen (secondary N) is 1. The van der Waals surface area contributed by atoms with Crippen molar-refractivity contribution >= 4 is 6.08 Å². The van der Waals surface area contributed by atoms with Crippen molar-refractivity contribution in [1.29, 1.82) is 0 Å². The molecule has 1 unspecified atom stereocenters. The van der Waals surface area contributed by atoms with E-state index in [1.165, 1.54) is 6.42 Å². The predicted molar refractivity (Wildman–Crippen MR) is 64.9 cm³/mol. The van der Waals surface area contributed by atoms with Gasteiger partial charge in [-0.25, -0.2) is 0 Å². The lowest BCUT2D eigenvalue weighted by molar-refractivity contribution is 0.507. The molecule has 0 aromatic carbocycles. The molecule has 1 heterocycles. The van der Waals surface area contributed by atoms with Crippen LogP contribution < -0.4 is 5.32 Å². The molecule has 1 aromatic rings. The van der Waals surface area contributed by atoms with E-state index >= 15 is 0 Å². The van der Waals surface area contributed by atoms with E-state index in [1.54, 1.807) is 0 Å². The maximum Gasteiger partial charge on any atom is 0.126 e. The lowest BCUT2D eigenvalue weighted by Crippen LogP contribution is -2.24. The molecule has 84 valence electrons. The number of rotatable bonds is 6. The van der Waals surface area contributed by atoms with Crippen molar-refractivity contribution < 1.29 is 4.42 Å². The van der Waals surface area contributed by atoms with E-state index in [2.05, 4.69) is 32.2 Å². The maximum absolute atomic E-state index is 5.57. The summed E-state index contributed by atoms with van der Waals surface area (Å²) in [5.41, 5.74) is 0. The fourth-order valence-electron chi connectivity index (χ4n) is 1.35. The Labute approximate surface area is 92.4 Å². The molecule has 0 saturated carbocycles. The van der Waals surface area contributed by atoms with E-state index in [-0.39, 0.29) is 0 Å². The molecule has 1 aromatic heterocycles. The largest absolute Gasteiger partial charge is 0.462 e. The second kappa shape index (κ2) is 6.46. The SMILES string of the molecule is CCCNC(C)/C=C/c1ccc(CC)o1. The van der Waals surface area contributed by atoms with Crippen molar-refractivity contribution in [1.82, 2.24) is 5.32 Å². The first kappa shape index (κ1) is 12.1. The van der Waals surface area contributed by atoms with E-state index in [9.17, 15) is 0 Å². The molecule has 0 amide bonds. The van der Waals surface area contributed by atoms with Crippen LogP contribution in [0.4, 0.5) is 0 Å². The van der Waals surface area contributed by atoms with Gasteiger partial charge in [-0.05, 0) is 38.1 Å². The van der Waals surface area contributed by atoms with Gasteiger partial charge in [0, 0.05) is 12.5 Å². The summed E-state index contributed by atoms with van der Waals surface area (Å²) in [5.74, 6) is 1.99. The highest BCUT2D eigenvalue weighted by molar-refractivity contribution is 5.43. The molecule has 1 rings (SSSR count). The highest BCUT2D eigenvalue weighted by Crippen LogP contribution is 2.10. The monoisotopic (exact) mass is 207 g/mol. The highest BCUT2D eigenvalue weighted by Gasteiger charge is 1.97. The van der Waals surface area contributed by atoms with Crippen LogP contribution in [0.15, 0.2) is 22.6 Å². The standard InChI is InChI=1S/C13H21NO/c1-4-10-14-11(3)6-7-13-9-8-12(5-2)15-13/h6-9,11,14H,4-5,10H2,1-3H3/b7-6+. The summed E-state index contributed by atoms with van der Waals surface area (Å²) in [6, 6.07) is 4.45. The Morgan fingerprint density at radius 3 is 2.80 bits per heavy atom. The molecule has 2 nitrogen and oxygen atoms in total. The number of hydrogen-bond acceptors (Lipinski definition) is 2. The Bertz CT molecular complexity index is 301. The van der Waals surface area contributed by atoms with Crippen LogP contribution >= 0.6 is 0 Å². The molecular formula is C13H21NO. The van der Waals surface area contributed by atoms with Crippen molar-refractivity contribution in [2.75, 3.05) is 6.54 Å². The molecule has 0 radical (unpaired) electrons. The molecule has 0 aliphatic rings. The molecule has 2 heteroatoms. The zero-order valence-corrected chi connectivity index (χ0v) is 9.92. The van der Waals surface area contributed by atoms with Gasteiger partial charge in [0.15, 0.2) is 0 Å². The topological polar surface area (TPSA) is 25.2 Å². The van der Waals surface area contributed by atoms with E-state index in [1.807, 2.05) is 18.2 Å².